The zero-order valence-corrected chi connectivity index (χ0v) is 19.2. The van der Waals surface area contributed by atoms with E-state index in [9.17, 15) is 4.79 Å². The SMILES string of the molecule is Cc1ccc(Oc2ccc(Nc3ncnc4ccc(NC(=O)C#CC5CC5)cc34)c(F)c2C)cn1. The number of amides is 1. The van der Waals surface area contributed by atoms with Crippen LogP contribution in [-0.2, 0) is 4.79 Å². The number of carbonyl (C=O) groups excluding carboxylic acids is 1. The first-order chi connectivity index (χ1) is 17.0. The lowest BCUT2D eigenvalue weighted by atomic mass is 10.1. The van der Waals surface area contributed by atoms with Crippen molar-refractivity contribution in [3.63, 3.8) is 0 Å². The lowest BCUT2D eigenvalue weighted by Crippen LogP contribution is -2.08. The van der Waals surface area contributed by atoms with Crippen molar-refractivity contribution >= 4 is 34.0 Å². The van der Waals surface area contributed by atoms with Crippen molar-refractivity contribution in [3.8, 4) is 23.3 Å². The summed E-state index contributed by atoms with van der Waals surface area (Å²) in [6, 6.07) is 12.1. The van der Waals surface area contributed by atoms with Gasteiger partial charge in [0.05, 0.1) is 17.4 Å². The van der Waals surface area contributed by atoms with Crippen LogP contribution in [0, 0.1) is 37.4 Å². The molecule has 5 rings (SSSR count). The number of benzene rings is 2. The zero-order chi connectivity index (χ0) is 24.4. The molecular weight excluding hydrogens is 445 g/mol. The van der Waals surface area contributed by atoms with E-state index in [-0.39, 0.29) is 11.6 Å². The molecule has 0 spiro atoms. The first-order valence-electron chi connectivity index (χ1n) is 11.2. The molecule has 2 aromatic heterocycles. The van der Waals surface area contributed by atoms with E-state index in [2.05, 4.69) is 37.4 Å². The maximum Gasteiger partial charge on any atom is 0.300 e. The van der Waals surface area contributed by atoms with E-state index in [1.165, 1.54) is 6.33 Å². The lowest BCUT2D eigenvalue weighted by molar-refractivity contribution is -0.111. The number of fused-ring (bicyclic) bond motifs is 1. The predicted octanol–water partition coefficient (Wildman–Crippen LogP) is 5.67. The Balaban J connectivity index is 1.39. The Hall–Kier alpha value is -4.51. The summed E-state index contributed by atoms with van der Waals surface area (Å²) in [5.41, 5.74) is 2.65. The molecule has 0 saturated heterocycles. The van der Waals surface area contributed by atoms with Crippen LogP contribution < -0.4 is 15.4 Å². The lowest BCUT2D eigenvalue weighted by Gasteiger charge is -2.14. The van der Waals surface area contributed by atoms with Gasteiger partial charge in [-0.1, -0.05) is 5.92 Å². The number of ether oxygens (including phenoxy) is 1. The summed E-state index contributed by atoms with van der Waals surface area (Å²) in [7, 11) is 0. The molecule has 2 N–H and O–H groups in total. The molecule has 1 aliphatic rings. The summed E-state index contributed by atoms with van der Waals surface area (Å²) in [4.78, 5) is 24.9. The maximum absolute atomic E-state index is 15.2. The number of pyridine rings is 1. The Labute approximate surface area is 201 Å². The van der Waals surface area contributed by atoms with E-state index in [1.54, 1.807) is 49.5 Å². The van der Waals surface area contributed by atoms with Crippen LogP contribution in [0.15, 0.2) is 55.0 Å². The molecule has 0 bridgehead atoms. The second kappa shape index (κ2) is 9.39. The van der Waals surface area contributed by atoms with Crippen molar-refractivity contribution in [2.45, 2.75) is 26.7 Å². The number of aromatic nitrogens is 3. The minimum Gasteiger partial charge on any atom is -0.455 e. The number of nitrogens with zero attached hydrogens (tertiary/aromatic N) is 3. The Morgan fingerprint density at radius 2 is 1.94 bits per heavy atom. The fourth-order valence-electron chi connectivity index (χ4n) is 3.44. The van der Waals surface area contributed by atoms with Gasteiger partial charge in [0.15, 0.2) is 5.82 Å². The van der Waals surface area contributed by atoms with E-state index >= 15 is 4.39 Å². The number of hydrogen-bond acceptors (Lipinski definition) is 6. The fourth-order valence-corrected chi connectivity index (χ4v) is 3.44. The Morgan fingerprint density at radius 1 is 1.09 bits per heavy atom. The molecule has 174 valence electrons. The fraction of sp³-hybridized carbons (Fsp3) is 0.185. The third-order valence-corrected chi connectivity index (χ3v) is 5.56. The highest BCUT2D eigenvalue weighted by Gasteiger charge is 2.18. The van der Waals surface area contributed by atoms with Crippen molar-refractivity contribution < 1.29 is 13.9 Å². The topological polar surface area (TPSA) is 89.0 Å². The molecule has 7 nitrogen and oxygen atoms in total. The highest BCUT2D eigenvalue weighted by Crippen LogP contribution is 2.33. The number of halogens is 1. The van der Waals surface area contributed by atoms with Crippen LogP contribution in [0.25, 0.3) is 10.9 Å². The first-order valence-corrected chi connectivity index (χ1v) is 11.2. The van der Waals surface area contributed by atoms with E-state index in [1.807, 2.05) is 13.0 Å². The minimum atomic E-state index is -0.464. The number of aryl methyl sites for hydroxylation is 1. The van der Waals surface area contributed by atoms with Gasteiger partial charge >= 0.3 is 0 Å². The van der Waals surface area contributed by atoms with E-state index in [0.717, 1.165) is 18.5 Å². The van der Waals surface area contributed by atoms with Gasteiger partial charge in [-0.2, -0.15) is 0 Å². The molecule has 1 fully saturated rings. The number of anilines is 3. The monoisotopic (exact) mass is 467 g/mol. The summed E-state index contributed by atoms with van der Waals surface area (Å²) in [5, 5.41) is 6.45. The van der Waals surface area contributed by atoms with Crippen LogP contribution in [0.1, 0.15) is 24.1 Å². The molecule has 0 radical (unpaired) electrons. The van der Waals surface area contributed by atoms with Gasteiger partial charge in [0.2, 0.25) is 0 Å². The molecular formula is C27H22FN5O2. The molecule has 0 aliphatic heterocycles. The number of hydrogen-bond donors (Lipinski definition) is 2. The van der Waals surface area contributed by atoms with Gasteiger partial charge in [-0.3, -0.25) is 9.78 Å². The molecule has 1 amide bonds. The highest BCUT2D eigenvalue weighted by molar-refractivity contribution is 6.05. The van der Waals surface area contributed by atoms with Crippen LogP contribution in [0.2, 0.25) is 0 Å². The Bertz CT molecular complexity index is 1490. The number of carbonyl (C=O) groups is 1. The van der Waals surface area contributed by atoms with E-state index < -0.39 is 5.82 Å². The standard InChI is InChI=1S/C27H22FN5O2/c1-16-3-8-20(14-29-16)35-24-11-10-23(26(28)17(24)2)33-27-21-13-19(7-9-22(21)30-15-31-27)32-25(34)12-6-18-4-5-18/h3,7-11,13-15,18H,4-5H2,1-2H3,(H,32,34)(H,30,31,33). The largest absolute Gasteiger partial charge is 0.455 e. The van der Waals surface area contributed by atoms with Gasteiger partial charge in [-0.05, 0) is 75.1 Å². The van der Waals surface area contributed by atoms with Crippen molar-refractivity contribution in [1.29, 1.82) is 0 Å². The quantitative estimate of drug-likeness (QED) is 0.368. The van der Waals surface area contributed by atoms with Gasteiger partial charge in [0.1, 0.15) is 23.6 Å². The Morgan fingerprint density at radius 3 is 2.71 bits per heavy atom. The van der Waals surface area contributed by atoms with Crippen LogP contribution in [0.4, 0.5) is 21.6 Å². The van der Waals surface area contributed by atoms with Crippen LogP contribution in [0.5, 0.6) is 11.5 Å². The third-order valence-electron chi connectivity index (χ3n) is 5.56. The van der Waals surface area contributed by atoms with Crippen LogP contribution in [-0.4, -0.2) is 20.9 Å². The molecule has 0 unspecified atom stereocenters. The van der Waals surface area contributed by atoms with Crippen molar-refractivity contribution in [2.75, 3.05) is 10.6 Å². The molecule has 8 heteroatoms. The van der Waals surface area contributed by atoms with Gasteiger partial charge in [-0.25, -0.2) is 14.4 Å². The zero-order valence-electron chi connectivity index (χ0n) is 19.2. The van der Waals surface area contributed by atoms with Gasteiger partial charge < -0.3 is 15.4 Å². The summed E-state index contributed by atoms with van der Waals surface area (Å²) in [5.74, 6) is 6.39. The Kier molecular flexibility index (Phi) is 5.98. The van der Waals surface area contributed by atoms with E-state index in [4.69, 9.17) is 4.74 Å². The summed E-state index contributed by atoms with van der Waals surface area (Å²) < 4.78 is 21.1. The molecule has 4 aromatic rings. The number of rotatable bonds is 5. The maximum atomic E-state index is 15.2. The number of nitrogens with one attached hydrogen (secondary N) is 2. The molecule has 0 atom stereocenters. The molecule has 1 aliphatic carbocycles. The molecule has 35 heavy (non-hydrogen) atoms. The highest BCUT2D eigenvalue weighted by atomic mass is 19.1. The predicted molar refractivity (Wildman–Crippen MR) is 132 cm³/mol. The molecule has 2 aromatic carbocycles. The first kappa shape index (κ1) is 22.3. The average Bonchev–Trinajstić information content (AvgIpc) is 3.69. The second-order valence-electron chi connectivity index (χ2n) is 8.36. The normalized spacial score (nSPS) is 12.5. The molecule has 2 heterocycles. The van der Waals surface area contributed by atoms with Gasteiger partial charge in [-0.15, -0.1) is 0 Å². The van der Waals surface area contributed by atoms with Crippen molar-refractivity contribution in [3.05, 3.63) is 72.1 Å². The second-order valence-corrected chi connectivity index (χ2v) is 8.36. The van der Waals surface area contributed by atoms with Gasteiger partial charge in [0.25, 0.3) is 5.91 Å². The smallest absolute Gasteiger partial charge is 0.300 e. The average molecular weight is 468 g/mol. The van der Waals surface area contributed by atoms with Crippen molar-refractivity contribution in [1.82, 2.24) is 15.0 Å². The van der Waals surface area contributed by atoms with Crippen LogP contribution >= 0.6 is 0 Å². The summed E-state index contributed by atoms with van der Waals surface area (Å²) in [6.07, 6.45) is 5.10. The minimum absolute atomic E-state index is 0.238. The third kappa shape index (κ3) is 5.20. The van der Waals surface area contributed by atoms with Crippen LogP contribution in [0.3, 0.4) is 0 Å². The van der Waals surface area contributed by atoms with Crippen molar-refractivity contribution in [2.24, 2.45) is 5.92 Å². The van der Waals surface area contributed by atoms with Gasteiger partial charge in [0, 0.05) is 28.2 Å². The summed E-state index contributed by atoms with van der Waals surface area (Å²) >= 11 is 0. The summed E-state index contributed by atoms with van der Waals surface area (Å²) in [6.45, 7) is 3.53. The van der Waals surface area contributed by atoms with E-state index in [0.29, 0.717) is 45.4 Å². The molecule has 1 saturated carbocycles.